The molecule has 0 heterocycles. The Hall–Kier alpha value is -0.720. The summed E-state index contributed by atoms with van der Waals surface area (Å²) in [7, 11) is 4.07. The fourth-order valence-electron chi connectivity index (χ4n) is 2.19. The van der Waals surface area contributed by atoms with Crippen LogP contribution in [0, 0.1) is 27.7 Å². The third-order valence-electron chi connectivity index (χ3n) is 2.82. The zero-order valence-corrected chi connectivity index (χ0v) is 12.1. The first-order chi connectivity index (χ1) is 7.88. The van der Waals surface area contributed by atoms with Crippen LogP contribution in [0.4, 0.5) is 0 Å². The first kappa shape index (κ1) is 14.3. The number of aryl methyl sites for hydroxylation is 3. The minimum Gasteiger partial charge on any atom is -0.373 e. The van der Waals surface area contributed by atoms with Crippen LogP contribution in [-0.2, 0) is 4.74 Å². The van der Waals surface area contributed by atoms with Gasteiger partial charge in [0.1, 0.15) is 6.10 Å². The average molecular weight is 251 g/mol. The molecule has 0 aromatic heterocycles. The molecule has 1 aromatic carbocycles. The Labute approximate surface area is 106 Å². The largest absolute Gasteiger partial charge is 0.373 e. The van der Waals surface area contributed by atoms with E-state index in [1.54, 1.807) is 7.11 Å². The van der Waals surface area contributed by atoms with Gasteiger partial charge in [0.2, 0.25) is 0 Å². The molecule has 1 aromatic rings. The van der Waals surface area contributed by atoms with E-state index in [9.17, 15) is 4.79 Å². The molecule has 2 nitrogen and oxygen atoms in total. The molecule has 1 rings (SSSR count). The second-order valence-corrected chi connectivity index (χ2v) is 5.31. The van der Waals surface area contributed by atoms with E-state index in [1.165, 1.54) is 5.56 Å². The van der Waals surface area contributed by atoms with Crippen molar-refractivity contribution in [2.45, 2.75) is 32.5 Å². The summed E-state index contributed by atoms with van der Waals surface area (Å²) >= 11 is 0. The molecule has 3 atom stereocenters. The second kappa shape index (κ2) is 5.75. The number of ether oxygens (including phenoxy) is 1. The molecule has 93 valence electrons. The first-order valence-electron chi connectivity index (χ1n) is 5.62. The molecular formula is C14H20O2P. The summed E-state index contributed by atoms with van der Waals surface area (Å²) in [4.78, 5) is 12.4. The van der Waals surface area contributed by atoms with Gasteiger partial charge in [0, 0.05) is 18.3 Å². The van der Waals surface area contributed by atoms with Gasteiger partial charge in [0.25, 0.3) is 0 Å². The first-order valence-corrected chi connectivity index (χ1v) is 6.28. The van der Waals surface area contributed by atoms with Gasteiger partial charge >= 0.3 is 0 Å². The van der Waals surface area contributed by atoms with E-state index in [1.807, 2.05) is 32.9 Å². The van der Waals surface area contributed by atoms with Crippen molar-refractivity contribution in [2.24, 2.45) is 0 Å². The van der Waals surface area contributed by atoms with Crippen molar-refractivity contribution in [2.75, 3.05) is 7.11 Å². The molecule has 0 aliphatic heterocycles. The molecular weight excluding hydrogens is 231 g/mol. The van der Waals surface area contributed by atoms with Crippen LogP contribution < -0.4 is 0 Å². The Morgan fingerprint density at radius 2 is 1.76 bits per heavy atom. The maximum atomic E-state index is 12.4. The van der Waals surface area contributed by atoms with Crippen molar-refractivity contribution < 1.29 is 9.53 Å². The van der Waals surface area contributed by atoms with E-state index >= 15 is 0 Å². The summed E-state index contributed by atoms with van der Waals surface area (Å²) in [5.74, 6) is 0.0116. The summed E-state index contributed by atoms with van der Waals surface area (Å²) in [5.41, 5.74) is 3.79. The minimum atomic E-state index is -0.500. The third kappa shape index (κ3) is 3.14. The van der Waals surface area contributed by atoms with Crippen molar-refractivity contribution in [3.8, 4) is 0 Å². The predicted octanol–water partition coefficient (Wildman–Crippen LogP) is 2.89. The molecule has 0 aliphatic carbocycles. The lowest BCUT2D eigenvalue weighted by atomic mass is 9.93. The van der Waals surface area contributed by atoms with E-state index < -0.39 is 6.10 Å². The van der Waals surface area contributed by atoms with Crippen molar-refractivity contribution in [1.29, 1.82) is 0 Å². The fraction of sp³-hybridized carbons (Fsp3) is 0.429. The fourth-order valence-corrected chi connectivity index (χ4v) is 2.52. The Kier molecular flexibility index (Phi) is 4.85. The van der Waals surface area contributed by atoms with Crippen molar-refractivity contribution in [3.63, 3.8) is 0 Å². The topological polar surface area (TPSA) is 26.3 Å². The van der Waals surface area contributed by atoms with Crippen LogP contribution in [0.15, 0.2) is 12.1 Å². The lowest BCUT2D eigenvalue weighted by Crippen LogP contribution is -2.31. The number of methoxy groups -OCH3 is 1. The molecule has 0 saturated heterocycles. The number of hydrogen-bond donors (Lipinski definition) is 0. The van der Waals surface area contributed by atoms with Crippen LogP contribution in [-0.4, -0.2) is 24.7 Å². The van der Waals surface area contributed by atoms with Crippen LogP contribution >= 0.6 is 9.24 Å². The van der Waals surface area contributed by atoms with Gasteiger partial charge in [-0.2, -0.15) is 0 Å². The monoisotopic (exact) mass is 251 g/mol. The smallest absolute Gasteiger partial charge is 0.192 e. The molecule has 0 fully saturated rings. The highest BCUT2D eigenvalue weighted by Crippen LogP contribution is 2.21. The van der Waals surface area contributed by atoms with Crippen molar-refractivity contribution in [3.05, 3.63) is 41.3 Å². The standard InChI is InChI=1S/C14H20O2P/c1-8-6-9(2)12(10(3)7-8)13(15)14(16-5)11(4)17/h6-7,11,14H,4,17H2,1-3,5H3/t11-,14+/m1/s1. The predicted molar refractivity (Wildman–Crippen MR) is 74.6 cm³/mol. The molecule has 0 saturated carbocycles. The maximum absolute atomic E-state index is 12.4. The summed E-state index contributed by atoms with van der Waals surface area (Å²) < 4.78 is 5.24. The zero-order valence-electron chi connectivity index (χ0n) is 10.9. The molecule has 0 N–H and O–H groups in total. The van der Waals surface area contributed by atoms with Gasteiger partial charge in [-0.25, -0.2) is 0 Å². The number of hydrogen-bond acceptors (Lipinski definition) is 2. The number of Topliss-reactive ketones (excluding diaryl/α,β-unsaturated/α-hetero) is 1. The number of benzene rings is 1. The lowest BCUT2D eigenvalue weighted by molar-refractivity contribution is 0.0624. The maximum Gasteiger partial charge on any atom is 0.192 e. The molecule has 3 heteroatoms. The summed E-state index contributed by atoms with van der Waals surface area (Å²) in [6.07, 6.45) is -0.500. The van der Waals surface area contributed by atoms with Crippen LogP contribution in [0.5, 0.6) is 0 Å². The normalized spacial score (nSPS) is 14.5. The highest BCUT2D eigenvalue weighted by Gasteiger charge is 2.25. The molecule has 1 unspecified atom stereocenters. The highest BCUT2D eigenvalue weighted by atomic mass is 31.0. The van der Waals surface area contributed by atoms with Crippen LogP contribution in [0.2, 0.25) is 0 Å². The number of rotatable bonds is 4. The van der Waals surface area contributed by atoms with E-state index in [4.69, 9.17) is 4.74 Å². The Morgan fingerprint density at radius 3 is 2.12 bits per heavy atom. The lowest BCUT2D eigenvalue weighted by Gasteiger charge is -2.20. The van der Waals surface area contributed by atoms with Crippen LogP contribution in [0.1, 0.15) is 27.0 Å². The van der Waals surface area contributed by atoms with E-state index in [0.29, 0.717) is 0 Å². The summed E-state index contributed by atoms with van der Waals surface area (Å²) in [6, 6.07) is 4.04. The second-order valence-electron chi connectivity index (χ2n) is 4.46. The molecule has 0 spiro atoms. The van der Waals surface area contributed by atoms with Gasteiger partial charge in [-0.05, 0) is 38.8 Å². The third-order valence-corrected chi connectivity index (χ3v) is 3.17. The Balaban J connectivity index is 3.20. The SMILES string of the molecule is [CH2][C@@H](P)[C@H](OC)C(=O)c1c(C)cc(C)cc1C. The summed E-state index contributed by atoms with van der Waals surface area (Å²) in [6.45, 7) is 9.80. The van der Waals surface area contributed by atoms with E-state index in [-0.39, 0.29) is 11.4 Å². The highest BCUT2D eigenvalue weighted by molar-refractivity contribution is 7.18. The molecule has 0 aliphatic rings. The summed E-state index contributed by atoms with van der Waals surface area (Å²) in [5, 5.41) is 0. The van der Waals surface area contributed by atoms with Gasteiger partial charge < -0.3 is 4.74 Å². The van der Waals surface area contributed by atoms with Gasteiger partial charge in [-0.15, -0.1) is 9.24 Å². The van der Waals surface area contributed by atoms with Gasteiger partial charge in [-0.1, -0.05) is 17.7 Å². The number of carbonyl (C=O) groups excluding carboxylic acids is 1. The minimum absolute atomic E-state index is 0.0116. The molecule has 1 radical (unpaired) electrons. The Bertz CT molecular complexity index is 401. The number of carbonyl (C=O) groups is 1. The van der Waals surface area contributed by atoms with Gasteiger partial charge in [-0.3, -0.25) is 4.79 Å². The van der Waals surface area contributed by atoms with E-state index in [2.05, 4.69) is 16.2 Å². The van der Waals surface area contributed by atoms with Crippen molar-refractivity contribution >= 4 is 15.0 Å². The molecule has 0 amide bonds. The van der Waals surface area contributed by atoms with E-state index in [0.717, 1.165) is 16.7 Å². The average Bonchev–Trinajstić information content (AvgIpc) is 2.15. The zero-order chi connectivity index (χ0) is 13.2. The van der Waals surface area contributed by atoms with Crippen molar-refractivity contribution in [1.82, 2.24) is 0 Å². The van der Waals surface area contributed by atoms with Crippen LogP contribution in [0.3, 0.4) is 0 Å². The molecule has 17 heavy (non-hydrogen) atoms. The van der Waals surface area contributed by atoms with Gasteiger partial charge in [0.15, 0.2) is 5.78 Å². The molecule has 0 bridgehead atoms. The Morgan fingerprint density at radius 1 is 1.29 bits per heavy atom. The van der Waals surface area contributed by atoms with Crippen LogP contribution in [0.25, 0.3) is 0 Å². The quantitative estimate of drug-likeness (QED) is 0.607. The number of ketones is 1. The van der Waals surface area contributed by atoms with Gasteiger partial charge in [0.05, 0.1) is 0 Å².